The number of rotatable bonds is 5. The first kappa shape index (κ1) is 14.9. The average molecular weight is 282 g/mol. The molecule has 0 radical (unpaired) electrons. The van der Waals surface area contributed by atoms with Gasteiger partial charge in [0, 0.05) is 32.7 Å². The summed E-state index contributed by atoms with van der Waals surface area (Å²) < 4.78 is 9.95. The number of aryl methyl sites for hydroxylation is 1. The largest absolute Gasteiger partial charge is 0.379 e. The van der Waals surface area contributed by atoms with Crippen LogP contribution in [0.25, 0.3) is 0 Å². The molecule has 112 valence electrons. The van der Waals surface area contributed by atoms with Gasteiger partial charge in [-0.2, -0.15) is 0 Å². The van der Waals surface area contributed by atoms with E-state index >= 15 is 0 Å². The van der Waals surface area contributed by atoms with Crippen molar-refractivity contribution in [2.75, 3.05) is 39.9 Å². The van der Waals surface area contributed by atoms with E-state index in [1.165, 1.54) is 0 Å². The number of hydrogen-bond donors (Lipinski definition) is 0. The minimum atomic E-state index is 0.0314. The van der Waals surface area contributed by atoms with Gasteiger partial charge in [-0.25, -0.2) is 4.63 Å². The number of morpholine rings is 1. The molecule has 0 N–H and O–H groups in total. The molecule has 0 aromatic carbocycles. The highest BCUT2D eigenvalue weighted by molar-refractivity contribution is 5.78. The molecule has 0 aliphatic carbocycles. The SMILES string of the molecule is Cc1nonc1CC(=O)N(C)C[C@@H](C)N1CCOCC1. The van der Waals surface area contributed by atoms with Gasteiger partial charge in [-0.05, 0) is 13.8 Å². The van der Waals surface area contributed by atoms with E-state index < -0.39 is 0 Å². The molecule has 0 bridgehead atoms. The van der Waals surface area contributed by atoms with Crippen LogP contribution in [-0.2, 0) is 16.0 Å². The van der Waals surface area contributed by atoms with Crippen LogP contribution in [-0.4, -0.2) is 72.0 Å². The van der Waals surface area contributed by atoms with Crippen molar-refractivity contribution in [3.8, 4) is 0 Å². The second-order valence-electron chi connectivity index (χ2n) is 5.24. The van der Waals surface area contributed by atoms with Crippen LogP contribution < -0.4 is 0 Å². The van der Waals surface area contributed by atoms with Gasteiger partial charge in [0.1, 0.15) is 11.4 Å². The number of carbonyl (C=O) groups excluding carboxylic acids is 1. The highest BCUT2D eigenvalue weighted by Gasteiger charge is 2.21. The van der Waals surface area contributed by atoms with Crippen LogP contribution in [0.5, 0.6) is 0 Å². The minimum Gasteiger partial charge on any atom is -0.379 e. The summed E-state index contributed by atoms with van der Waals surface area (Å²) in [5, 5.41) is 7.43. The molecule has 0 saturated carbocycles. The molecule has 1 atom stereocenters. The predicted octanol–water partition coefficient (Wildman–Crippen LogP) is 0.0996. The van der Waals surface area contributed by atoms with Crippen LogP contribution in [0.3, 0.4) is 0 Å². The van der Waals surface area contributed by atoms with Crippen molar-refractivity contribution in [1.29, 1.82) is 0 Å². The lowest BCUT2D eigenvalue weighted by atomic mass is 10.2. The smallest absolute Gasteiger partial charge is 0.228 e. The number of carbonyl (C=O) groups is 1. The first-order valence-electron chi connectivity index (χ1n) is 6.91. The van der Waals surface area contributed by atoms with Gasteiger partial charge in [-0.15, -0.1) is 0 Å². The van der Waals surface area contributed by atoms with Crippen molar-refractivity contribution >= 4 is 5.91 Å². The van der Waals surface area contributed by atoms with Crippen LogP contribution in [0.4, 0.5) is 0 Å². The van der Waals surface area contributed by atoms with Crippen molar-refractivity contribution in [1.82, 2.24) is 20.1 Å². The van der Waals surface area contributed by atoms with Gasteiger partial charge >= 0.3 is 0 Å². The maximum atomic E-state index is 12.2. The van der Waals surface area contributed by atoms with Gasteiger partial charge < -0.3 is 9.64 Å². The fraction of sp³-hybridized carbons (Fsp3) is 0.769. The Morgan fingerprint density at radius 1 is 1.40 bits per heavy atom. The van der Waals surface area contributed by atoms with E-state index in [-0.39, 0.29) is 12.3 Å². The lowest BCUT2D eigenvalue weighted by Crippen LogP contribution is -2.47. The standard InChI is InChI=1S/C13H22N4O3/c1-10(17-4-6-19-7-5-17)9-16(3)13(18)8-12-11(2)14-20-15-12/h10H,4-9H2,1-3H3/t10-/m1/s1. The van der Waals surface area contributed by atoms with Crippen LogP contribution >= 0.6 is 0 Å². The zero-order chi connectivity index (χ0) is 14.5. The number of nitrogens with zero attached hydrogens (tertiary/aromatic N) is 4. The van der Waals surface area contributed by atoms with Gasteiger partial charge in [-0.3, -0.25) is 9.69 Å². The van der Waals surface area contributed by atoms with E-state index in [1.54, 1.807) is 11.8 Å². The molecule has 2 heterocycles. The molecule has 1 aromatic rings. The molecule has 1 aliphatic heterocycles. The molecule has 1 saturated heterocycles. The van der Waals surface area contributed by atoms with Crippen molar-refractivity contribution < 1.29 is 14.2 Å². The summed E-state index contributed by atoms with van der Waals surface area (Å²) in [6.45, 7) is 8.01. The zero-order valence-corrected chi connectivity index (χ0v) is 12.3. The number of ether oxygens (including phenoxy) is 1. The Bertz CT molecular complexity index is 443. The van der Waals surface area contributed by atoms with Crippen molar-refractivity contribution in [3.63, 3.8) is 0 Å². The fourth-order valence-corrected chi connectivity index (χ4v) is 2.32. The lowest BCUT2D eigenvalue weighted by molar-refractivity contribution is -0.130. The first-order valence-corrected chi connectivity index (χ1v) is 6.91. The fourth-order valence-electron chi connectivity index (χ4n) is 2.32. The normalized spacial score (nSPS) is 17.9. The molecular formula is C13H22N4O3. The maximum absolute atomic E-state index is 12.2. The summed E-state index contributed by atoms with van der Waals surface area (Å²) in [5.41, 5.74) is 1.29. The van der Waals surface area contributed by atoms with E-state index in [9.17, 15) is 4.79 Å². The summed E-state index contributed by atoms with van der Waals surface area (Å²) in [6, 6.07) is 0.324. The van der Waals surface area contributed by atoms with E-state index in [4.69, 9.17) is 4.74 Å². The predicted molar refractivity (Wildman–Crippen MR) is 72.2 cm³/mol. The third-order valence-electron chi connectivity index (χ3n) is 3.70. The van der Waals surface area contributed by atoms with Gasteiger partial charge in [-0.1, -0.05) is 10.3 Å². The van der Waals surface area contributed by atoms with Crippen LogP contribution in [0.15, 0.2) is 4.63 Å². The highest BCUT2D eigenvalue weighted by atomic mass is 16.6. The van der Waals surface area contributed by atoms with Crippen molar-refractivity contribution in [2.24, 2.45) is 0 Å². The molecule has 1 fully saturated rings. The van der Waals surface area contributed by atoms with Gasteiger partial charge in [0.25, 0.3) is 0 Å². The molecule has 20 heavy (non-hydrogen) atoms. The van der Waals surface area contributed by atoms with Gasteiger partial charge in [0.2, 0.25) is 5.91 Å². The number of amides is 1. The summed E-state index contributed by atoms with van der Waals surface area (Å²) in [5.74, 6) is 0.0314. The Labute approximate surface area is 118 Å². The first-order chi connectivity index (χ1) is 9.58. The van der Waals surface area contributed by atoms with Crippen molar-refractivity contribution in [2.45, 2.75) is 26.3 Å². The summed E-state index contributed by atoms with van der Waals surface area (Å²) in [7, 11) is 1.82. The monoisotopic (exact) mass is 282 g/mol. The summed E-state index contributed by atoms with van der Waals surface area (Å²) >= 11 is 0. The van der Waals surface area contributed by atoms with Gasteiger partial charge in [0.15, 0.2) is 0 Å². The average Bonchev–Trinajstić information content (AvgIpc) is 2.85. The second-order valence-corrected chi connectivity index (χ2v) is 5.24. The van der Waals surface area contributed by atoms with Gasteiger partial charge in [0.05, 0.1) is 19.6 Å². The third kappa shape index (κ3) is 3.77. The molecular weight excluding hydrogens is 260 g/mol. The van der Waals surface area contributed by atoms with Crippen molar-refractivity contribution in [3.05, 3.63) is 11.4 Å². The zero-order valence-electron chi connectivity index (χ0n) is 12.3. The maximum Gasteiger partial charge on any atom is 0.228 e. The van der Waals surface area contributed by atoms with Crippen LogP contribution in [0.1, 0.15) is 18.3 Å². The Hall–Kier alpha value is -1.47. The topological polar surface area (TPSA) is 71.7 Å². The third-order valence-corrected chi connectivity index (χ3v) is 3.70. The second kappa shape index (κ2) is 6.81. The molecule has 1 aliphatic rings. The van der Waals surface area contributed by atoms with Crippen LogP contribution in [0, 0.1) is 6.92 Å². The molecule has 7 nitrogen and oxygen atoms in total. The minimum absolute atomic E-state index is 0.0314. The Morgan fingerprint density at radius 2 is 2.10 bits per heavy atom. The Morgan fingerprint density at radius 3 is 2.70 bits per heavy atom. The summed E-state index contributed by atoms with van der Waals surface area (Å²) in [4.78, 5) is 16.2. The molecule has 0 spiro atoms. The van der Waals surface area contributed by atoms with E-state index in [2.05, 4.69) is 26.8 Å². The van der Waals surface area contributed by atoms with E-state index in [0.717, 1.165) is 26.3 Å². The number of aromatic nitrogens is 2. The quantitative estimate of drug-likeness (QED) is 0.763. The highest BCUT2D eigenvalue weighted by Crippen LogP contribution is 2.07. The number of hydrogen-bond acceptors (Lipinski definition) is 6. The molecule has 1 amide bonds. The Kier molecular flexibility index (Phi) is 5.08. The summed E-state index contributed by atoms with van der Waals surface area (Å²) in [6.07, 6.45) is 0.238. The molecule has 7 heteroatoms. The molecule has 0 unspecified atom stereocenters. The lowest BCUT2D eigenvalue weighted by Gasteiger charge is -2.34. The van der Waals surface area contributed by atoms with E-state index in [0.29, 0.717) is 24.0 Å². The molecule has 1 aromatic heterocycles. The molecule has 2 rings (SSSR count). The number of likely N-dealkylation sites (N-methyl/N-ethyl adjacent to an activating group) is 1. The van der Waals surface area contributed by atoms with E-state index in [1.807, 2.05) is 7.05 Å². The Balaban J connectivity index is 1.82. The van der Waals surface area contributed by atoms with Crippen LogP contribution in [0.2, 0.25) is 0 Å².